The van der Waals surface area contributed by atoms with Gasteiger partial charge in [0.2, 0.25) is 5.75 Å². The maximum Gasteiger partial charge on any atom is 0.308 e. The van der Waals surface area contributed by atoms with Gasteiger partial charge in [-0.2, -0.15) is 5.26 Å². The van der Waals surface area contributed by atoms with Crippen molar-refractivity contribution in [2.24, 2.45) is 0 Å². The van der Waals surface area contributed by atoms with E-state index in [1.165, 1.54) is 44.6 Å². The summed E-state index contributed by atoms with van der Waals surface area (Å²) in [6, 6.07) is 11.4. The molecule has 2 aromatic carbocycles. The SMILES string of the molecule is COc1cc(/C=C(\C#N)c2nc(-c3ccc(F)cc3)cs2)cc(OC)c1OC(C)=O. The zero-order valence-corrected chi connectivity index (χ0v) is 17.2. The molecule has 0 radical (unpaired) electrons. The number of methoxy groups -OCH3 is 2. The number of benzene rings is 2. The van der Waals surface area contributed by atoms with Gasteiger partial charge in [-0.25, -0.2) is 9.37 Å². The van der Waals surface area contributed by atoms with Crippen LogP contribution >= 0.6 is 11.3 Å². The second kappa shape index (κ2) is 9.20. The summed E-state index contributed by atoms with van der Waals surface area (Å²) < 4.78 is 28.9. The van der Waals surface area contributed by atoms with E-state index in [-0.39, 0.29) is 11.6 Å². The third-order valence-electron chi connectivity index (χ3n) is 4.03. The van der Waals surface area contributed by atoms with E-state index in [4.69, 9.17) is 14.2 Å². The highest BCUT2D eigenvalue weighted by Crippen LogP contribution is 2.39. The topological polar surface area (TPSA) is 81.4 Å². The van der Waals surface area contributed by atoms with Crippen LogP contribution in [0.2, 0.25) is 0 Å². The van der Waals surface area contributed by atoms with Crippen molar-refractivity contribution in [3.05, 3.63) is 58.2 Å². The third-order valence-corrected chi connectivity index (χ3v) is 4.91. The number of thiazole rings is 1. The van der Waals surface area contributed by atoms with Crippen LogP contribution in [0.4, 0.5) is 4.39 Å². The molecule has 0 saturated carbocycles. The molecular formula is C22H17FN2O4S. The number of nitriles is 1. The molecule has 0 amide bonds. The molecule has 3 rings (SSSR count). The average Bonchev–Trinajstić information content (AvgIpc) is 3.22. The van der Waals surface area contributed by atoms with Gasteiger partial charge < -0.3 is 14.2 Å². The number of esters is 1. The first-order valence-electron chi connectivity index (χ1n) is 8.73. The summed E-state index contributed by atoms with van der Waals surface area (Å²) in [5.41, 5.74) is 2.34. The lowest BCUT2D eigenvalue weighted by Gasteiger charge is -2.13. The molecule has 0 N–H and O–H groups in total. The third kappa shape index (κ3) is 4.64. The van der Waals surface area contributed by atoms with Gasteiger partial charge >= 0.3 is 5.97 Å². The van der Waals surface area contributed by atoms with Crippen molar-refractivity contribution in [3.63, 3.8) is 0 Å². The maximum absolute atomic E-state index is 13.1. The van der Waals surface area contributed by atoms with Gasteiger partial charge in [-0.1, -0.05) is 0 Å². The van der Waals surface area contributed by atoms with E-state index in [1.807, 2.05) is 0 Å². The maximum atomic E-state index is 13.1. The summed E-state index contributed by atoms with van der Waals surface area (Å²) in [5, 5.41) is 12.0. The molecule has 0 atom stereocenters. The smallest absolute Gasteiger partial charge is 0.308 e. The number of allylic oxidation sites excluding steroid dienone is 1. The van der Waals surface area contributed by atoms with Gasteiger partial charge in [0.15, 0.2) is 11.5 Å². The molecule has 0 bridgehead atoms. The molecule has 3 aromatic rings. The first kappa shape index (κ1) is 21.0. The lowest BCUT2D eigenvalue weighted by Crippen LogP contribution is -2.05. The Labute approximate surface area is 176 Å². The highest BCUT2D eigenvalue weighted by atomic mass is 32.1. The van der Waals surface area contributed by atoms with Crippen molar-refractivity contribution < 1.29 is 23.4 Å². The van der Waals surface area contributed by atoms with Gasteiger partial charge in [-0.15, -0.1) is 11.3 Å². The summed E-state index contributed by atoms with van der Waals surface area (Å²) in [4.78, 5) is 15.9. The number of aromatic nitrogens is 1. The molecule has 0 aliphatic carbocycles. The standard InChI is InChI=1S/C22H17FN2O4S/c1-13(26)29-21-19(27-2)9-14(10-20(21)28-3)8-16(11-24)22-25-18(12-30-22)15-4-6-17(23)7-5-15/h4-10,12H,1-3H3/b16-8+. The Morgan fingerprint density at radius 3 is 2.33 bits per heavy atom. The molecule has 0 saturated heterocycles. The van der Waals surface area contributed by atoms with Crippen LogP contribution in [0.5, 0.6) is 17.2 Å². The molecule has 0 aliphatic rings. The normalized spacial score (nSPS) is 11.0. The van der Waals surface area contributed by atoms with E-state index < -0.39 is 5.97 Å². The number of hydrogen-bond donors (Lipinski definition) is 0. The van der Waals surface area contributed by atoms with Crippen molar-refractivity contribution >= 4 is 29.0 Å². The fraction of sp³-hybridized carbons (Fsp3) is 0.136. The van der Waals surface area contributed by atoms with Crippen LogP contribution in [0.15, 0.2) is 41.8 Å². The van der Waals surface area contributed by atoms with Crippen LogP contribution in [0.1, 0.15) is 17.5 Å². The van der Waals surface area contributed by atoms with E-state index in [0.29, 0.717) is 33.3 Å². The second-order valence-electron chi connectivity index (χ2n) is 6.06. The van der Waals surface area contributed by atoms with E-state index >= 15 is 0 Å². The summed E-state index contributed by atoms with van der Waals surface area (Å²) in [6.45, 7) is 1.28. The monoisotopic (exact) mass is 424 g/mol. The quantitative estimate of drug-likeness (QED) is 0.316. The molecule has 1 aromatic heterocycles. The predicted molar refractivity (Wildman–Crippen MR) is 112 cm³/mol. The summed E-state index contributed by atoms with van der Waals surface area (Å²) in [6.07, 6.45) is 1.63. The molecule has 8 heteroatoms. The molecule has 152 valence electrons. The Hall–Kier alpha value is -3.70. The van der Waals surface area contributed by atoms with Crippen LogP contribution in [0, 0.1) is 17.1 Å². The van der Waals surface area contributed by atoms with Crippen LogP contribution < -0.4 is 14.2 Å². The van der Waals surface area contributed by atoms with Gasteiger partial charge in [-0.05, 0) is 48.0 Å². The molecule has 1 heterocycles. The number of carbonyl (C=O) groups excluding carboxylic acids is 1. The molecule has 6 nitrogen and oxygen atoms in total. The Balaban J connectivity index is 1.99. The number of rotatable bonds is 6. The zero-order chi connectivity index (χ0) is 21.7. The number of ether oxygens (including phenoxy) is 3. The second-order valence-corrected chi connectivity index (χ2v) is 6.92. The first-order valence-corrected chi connectivity index (χ1v) is 9.61. The Kier molecular flexibility index (Phi) is 6.45. The summed E-state index contributed by atoms with van der Waals surface area (Å²) in [5.74, 6) is -0.0925. The largest absolute Gasteiger partial charge is 0.493 e. The van der Waals surface area contributed by atoms with Gasteiger partial charge in [0.1, 0.15) is 16.9 Å². The number of nitrogens with zero attached hydrogens (tertiary/aromatic N) is 2. The van der Waals surface area contributed by atoms with Gasteiger partial charge in [0, 0.05) is 17.9 Å². The van der Waals surface area contributed by atoms with Gasteiger partial charge in [0.05, 0.1) is 25.5 Å². The molecular weight excluding hydrogens is 407 g/mol. The predicted octanol–water partition coefficient (Wildman–Crippen LogP) is 4.96. The van der Waals surface area contributed by atoms with Crippen LogP contribution in [0.25, 0.3) is 22.9 Å². The van der Waals surface area contributed by atoms with Crippen LogP contribution in [-0.2, 0) is 4.79 Å². The zero-order valence-electron chi connectivity index (χ0n) is 16.4. The fourth-order valence-corrected chi connectivity index (χ4v) is 3.48. The summed E-state index contributed by atoms with van der Waals surface area (Å²) in [7, 11) is 2.88. The lowest BCUT2D eigenvalue weighted by atomic mass is 10.1. The van der Waals surface area contributed by atoms with Crippen LogP contribution in [-0.4, -0.2) is 25.2 Å². The number of carbonyl (C=O) groups is 1. The van der Waals surface area contributed by atoms with E-state index in [0.717, 1.165) is 5.56 Å². The minimum absolute atomic E-state index is 0.163. The Morgan fingerprint density at radius 2 is 1.80 bits per heavy atom. The fourth-order valence-electron chi connectivity index (χ4n) is 2.69. The molecule has 0 fully saturated rings. The first-order chi connectivity index (χ1) is 14.4. The van der Waals surface area contributed by atoms with Crippen molar-refractivity contribution in [1.82, 2.24) is 4.98 Å². The minimum Gasteiger partial charge on any atom is -0.493 e. The highest BCUT2D eigenvalue weighted by Gasteiger charge is 2.17. The van der Waals surface area contributed by atoms with E-state index in [2.05, 4.69) is 11.1 Å². The van der Waals surface area contributed by atoms with Crippen molar-refractivity contribution in [2.75, 3.05) is 14.2 Å². The van der Waals surface area contributed by atoms with Crippen molar-refractivity contribution in [3.8, 4) is 34.6 Å². The Bertz CT molecular complexity index is 1120. The average molecular weight is 424 g/mol. The van der Waals surface area contributed by atoms with Crippen LogP contribution in [0.3, 0.4) is 0 Å². The van der Waals surface area contributed by atoms with Crippen molar-refractivity contribution in [2.45, 2.75) is 6.92 Å². The number of hydrogen-bond acceptors (Lipinski definition) is 7. The summed E-state index contributed by atoms with van der Waals surface area (Å²) >= 11 is 1.30. The lowest BCUT2D eigenvalue weighted by molar-refractivity contribution is -0.132. The van der Waals surface area contributed by atoms with E-state index in [1.54, 1.807) is 35.7 Å². The van der Waals surface area contributed by atoms with Gasteiger partial charge in [-0.3, -0.25) is 4.79 Å². The minimum atomic E-state index is -0.510. The molecule has 0 spiro atoms. The van der Waals surface area contributed by atoms with E-state index in [9.17, 15) is 14.4 Å². The molecule has 0 aliphatic heterocycles. The highest BCUT2D eigenvalue weighted by molar-refractivity contribution is 7.11. The van der Waals surface area contributed by atoms with Gasteiger partial charge in [0.25, 0.3) is 0 Å². The molecule has 0 unspecified atom stereocenters. The number of halogens is 1. The molecule has 30 heavy (non-hydrogen) atoms. The Morgan fingerprint density at radius 1 is 1.17 bits per heavy atom. The van der Waals surface area contributed by atoms with Crippen molar-refractivity contribution in [1.29, 1.82) is 5.26 Å².